The fraction of sp³-hybridized carbons (Fsp3) is 0.659. The predicted molar refractivity (Wildman–Crippen MR) is 209 cm³/mol. The number of carbonyl (C=O) groups excluding carboxylic acids is 2. The van der Waals surface area contributed by atoms with Crippen LogP contribution in [0.4, 0.5) is 0 Å². The van der Waals surface area contributed by atoms with Crippen LogP contribution in [0.1, 0.15) is 142 Å². The van der Waals surface area contributed by atoms with E-state index in [0.29, 0.717) is 32.1 Å². The fourth-order valence-electron chi connectivity index (χ4n) is 4.90. The van der Waals surface area contributed by atoms with Crippen LogP contribution in [-0.4, -0.2) is 63.5 Å². The van der Waals surface area contributed by atoms with Crippen molar-refractivity contribution < 1.29 is 48.2 Å². The monoisotopic (exact) mass is 752 g/mol. The number of hydrogen-bond acceptors (Lipinski definition) is 8. The topological polar surface area (TPSA) is 160 Å². The van der Waals surface area contributed by atoms with E-state index in [1.54, 1.807) is 0 Å². The van der Waals surface area contributed by atoms with Crippen LogP contribution in [0.2, 0.25) is 0 Å². The lowest BCUT2D eigenvalue weighted by Gasteiger charge is -2.18. The Labute approximate surface area is 314 Å². The van der Waals surface area contributed by atoms with Gasteiger partial charge in [-0.15, -0.1) is 0 Å². The van der Waals surface area contributed by atoms with E-state index in [9.17, 15) is 24.4 Å². The van der Waals surface area contributed by atoms with Gasteiger partial charge < -0.3 is 29.5 Å². The molecule has 0 aliphatic rings. The lowest BCUT2D eigenvalue weighted by Crippen LogP contribution is -2.29. The van der Waals surface area contributed by atoms with Crippen LogP contribution in [0, 0.1) is 0 Å². The molecule has 0 aromatic carbocycles. The molecular weight excluding hydrogens is 683 g/mol. The molecule has 10 nitrogen and oxygen atoms in total. The number of phosphoric ester groups is 1. The standard InChI is InChI=1S/C41H69O10P/c1-3-5-7-9-11-12-13-14-15-16-17-18-19-20-21-25-29-33-40(44)49-35-37(36-50-52(46,47)48)51-41(45)34-30-26-22-24-28-32-39(43)38(42)31-27-23-10-8-6-4-2/h5,7,11-12,14-15,17-18,20-21,23,27,37-39,42-43H,3-4,6,8-10,13,16,19,22,24-26,28-36H2,1-2H3,(H2,46,47,48)/b7-5-,12-11-,15-14-,18-17-,21-20-,27-23-/t37-,38+,39+/m1/s1. The summed E-state index contributed by atoms with van der Waals surface area (Å²) in [6.07, 6.45) is 37.9. The Morgan fingerprint density at radius 3 is 1.75 bits per heavy atom. The van der Waals surface area contributed by atoms with Gasteiger partial charge in [-0.2, -0.15) is 0 Å². The number of phosphoric acid groups is 1. The van der Waals surface area contributed by atoms with Gasteiger partial charge in [-0.25, -0.2) is 4.57 Å². The van der Waals surface area contributed by atoms with Crippen molar-refractivity contribution in [2.24, 2.45) is 0 Å². The van der Waals surface area contributed by atoms with Crippen LogP contribution in [0.3, 0.4) is 0 Å². The maximum Gasteiger partial charge on any atom is 0.469 e. The zero-order chi connectivity index (χ0) is 38.5. The van der Waals surface area contributed by atoms with Crippen molar-refractivity contribution in [1.29, 1.82) is 0 Å². The highest BCUT2D eigenvalue weighted by Crippen LogP contribution is 2.36. The Balaban J connectivity index is 4.20. The molecule has 0 aliphatic heterocycles. The summed E-state index contributed by atoms with van der Waals surface area (Å²) in [5.74, 6) is -1.07. The average molecular weight is 753 g/mol. The van der Waals surface area contributed by atoms with Gasteiger partial charge in [0.05, 0.1) is 18.8 Å². The van der Waals surface area contributed by atoms with Gasteiger partial charge in [0.1, 0.15) is 6.61 Å². The molecule has 0 amide bonds. The number of allylic oxidation sites excluding steroid dienone is 11. The molecule has 0 spiro atoms. The molecule has 0 aromatic rings. The molecule has 0 unspecified atom stereocenters. The number of esters is 2. The van der Waals surface area contributed by atoms with Gasteiger partial charge in [0, 0.05) is 12.8 Å². The van der Waals surface area contributed by atoms with E-state index in [2.05, 4.69) is 73.1 Å². The van der Waals surface area contributed by atoms with Crippen LogP contribution in [0.15, 0.2) is 72.9 Å². The zero-order valence-corrected chi connectivity index (χ0v) is 32.8. The Kier molecular flexibility index (Phi) is 33.7. The Bertz CT molecular complexity index is 1100. The van der Waals surface area contributed by atoms with Gasteiger partial charge in [0.15, 0.2) is 6.10 Å². The predicted octanol–water partition coefficient (Wildman–Crippen LogP) is 9.45. The maximum absolute atomic E-state index is 12.4. The van der Waals surface area contributed by atoms with Crippen molar-refractivity contribution in [2.45, 2.75) is 161 Å². The number of aliphatic hydroxyl groups is 2. The number of aliphatic hydroxyl groups excluding tert-OH is 2. The normalized spacial score (nSPS) is 14.5. The summed E-state index contributed by atoms with van der Waals surface area (Å²) < 4.78 is 26.2. The summed E-state index contributed by atoms with van der Waals surface area (Å²) in [4.78, 5) is 42.7. The molecule has 298 valence electrons. The molecule has 4 N–H and O–H groups in total. The van der Waals surface area contributed by atoms with Crippen molar-refractivity contribution in [2.75, 3.05) is 13.2 Å². The molecule has 0 fully saturated rings. The number of unbranched alkanes of at least 4 members (excludes halogenated alkanes) is 8. The molecule has 0 aliphatic carbocycles. The first kappa shape index (κ1) is 49.4. The van der Waals surface area contributed by atoms with Gasteiger partial charge in [-0.05, 0) is 77.0 Å². The van der Waals surface area contributed by atoms with E-state index in [0.717, 1.165) is 70.6 Å². The van der Waals surface area contributed by atoms with Gasteiger partial charge in [-0.1, -0.05) is 125 Å². The number of carbonyl (C=O) groups is 2. The molecule has 0 heterocycles. The Hall–Kier alpha value is -2.59. The van der Waals surface area contributed by atoms with Crippen molar-refractivity contribution in [3.8, 4) is 0 Å². The van der Waals surface area contributed by atoms with Crippen LogP contribution in [0.25, 0.3) is 0 Å². The number of ether oxygens (including phenoxy) is 2. The fourth-order valence-corrected chi connectivity index (χ4v) is 5.26. The third kappa shape index (κ3) is 35.8. The van der Waals surface area contributed by atoms with E-state index in [-0.39, 0.29) is 19.4 Å². The summed E-state index contributed by atoms with van der Waals surface area (Å²) in [5.41, 5.74) is 0. The maximum atomic E-state index is 12.4. The Morgan fingerprint density at radius 1 is 0.596 bits per heavy atom. The summed E-state index contributed by atoms with van der Waals surface area (Å²) in [7, 11) is -4.81. The first-order valence-electron chi connectivity index (χ1n) is 19.4. The van der Waals surface area contributed by atoms with Crippen molar-refractivity contribution in [1.82, 2.24) is 0 Å². The zero-order valence-electron chi connectivity index (χ0n) is 31.9. The lowest BCUT2D eigenvalue weighted by atomic mass is 10.0. The van der Waals surface area contributed by atoms with Gasteiger partial charge >= 0.3 is 19.8 Å². The molecule has 0 saturated heterocycles. The smallest absolute Gasteiger partial charge is 0.462 e. The van der Waals surface area contributed by atoms with Gasteiger partial charge in [-0.3, -0.25) is 14.1 Å². The van der Waals surface area contributed by atoms with Gasteiger partial charge in [0.25, 0.3) is 0 Å². The molecule has 0 radical (unpaired) electrons. The second kappa shape index (κ2) is 35.4. The van der Waals surface area contributed by atoms with Gasteiger partial charge in [0.2, 0.25) is 0 Å². The molecule has 0 rings (SSSR count). The van der Waals surface area contributed by atoms with Crippen LogP contribution in [0.5, 0.6) is 0 Å². The second-order valence-electron chi connectivity index (χ2n) is 12.8. The summed E-state index contributed by atoms with van der Waals surface area (Å²) in [6, 6.07) is 0. The van der Waals surface area contributed by atoms with E-state index >= 15 is 0 Å². The minimum atomic E-state index is -4.81. The number of hydrogen-bond donors (Lipinski definition) is 4. The van der Waals surface area contributed by atoms with Crippen molar-refractivity contribution in [3.63, 3.8) is 0 Å². The van der Waals surface area contributed by atoms with E-state index in [1.807, 2.05) is 18.2 Å². The highest BCUT2D eigenvalue weighted by atomic mass is 31.2. The molecule has 0 bridgehead atoms. The number of rotatable bonds is 34. The molecule has 3 atom stereocenters. The highest BCUT2D eigenvalue weighted by Gasteiger charge is 2.23. The quantitative estimate of drug-likeness (QED) is 0.0216. The summed E-state index contributed by atoms with van der Waals surface area (Å²) in [5, 5.41) is 20.3. The van der Waals surface area contributed by atoms with Crippen LogP contribution >= 0.6 is 7.82 Å². The van der Waals surface area contributed by atoms with E-state index in [4.69, 9.17) is 19.3 Å². The molecule has 0 aromatic heterocycles. The summed E-state index contributed by atoms with van der Waals surface area (Å²) in [6.45, 7) is 3.31. The van der Waals surface area contributed by atoms with Crippen LogP contribution in [-0.2, 0) is 28.2 Å². The lowest BCUT2D eigenvalue weighted by molar-refractivity contribution is -0.161. The largest absolute Gasteiger partial charge is 0.469 e. The van der Waals surface area contributed by atoms with E-state index in [1.165, 1.54) is 12.8 Å². The summed E-state index contributed by atoms with van der Waals surface area (Å²) >= 11 is 0. The first-order chi connectivity index (χ1) is 25.1. The van der Waals surface area contributed by atoms with Crippen molar-refractivity contribution >= 4 is 19.8 Å². The minimum absolute atomic E-state index is 0.0968. The third-order valence-corrected chi connectivity index (χ3v) is 8.40. The molecule has 11 heteroatoms. The third-order valence-electron chi connectivity index (χ3n) is 7.91. The second-order valence-corrected chi connectivity index (χ2v) is 14.1. The molecule has 52 heavy (non-hydrogen) atoms. The molecule has 0 saturated carbocycles. The average Bonchev–Trinajstić information content (AvgIpc) is 3.11. The molecular formula is C41H69O10P. The van der Waals surface area contributed by atoms with E-state index < -0.39 is 44.7 Å². The Morgan fingerprint density at radius 2 is 1.13 bits per heavy atom. The minimum Gasteiger partial charge on any atom is -0.462 e. The SMILES string of the molecule is CC/C=C\C/C=C\C/C=C\C/C=C\C/C=C\CCCC(=O)OC[C@H](COP(=O)(O)O)OC(=O)CCCCCCC[C@H](O)[C@@H](O)C/C=C\CCCCC. The first-order valence-corrected chi connectivity index (χ1v) is 20.9. The highest BCUT2D eigenvalue weighted by molar-refractivity contribution is 7.46. The van der Waals surface area contributed by atoms with Crippen molar-refractivity contribution in [3.05, 3.63) is 72.9 Å². The van der Waals surface area contributed by atoms with Crippen LogP contribution < -0.4 is 0 Å².